The second-order valence-electron chi connectivity index (χ2n) is 4.87. The Morgan fingerprint density at radius 3 is 2.59 bits per heavy atom. The minimum absolute atomic E-state index is 0.558. The Labute approximate surface area is 101 Å². The molecule has 0 atom stereocenters. The normalized spacial score (nSPS) is 18.8. The number of nitriles is 1. The van der Waals surface area contributed by atoms with Crippen molar-refractivity contribution in [2.45, 2.75) is 25.4 Å². The number of aliphatic hydroxyl groups is 1. The van der Waals surface area contributed by atoms with Crippen molar-refractivity contribution in [3.05, 3.63) is 23.8 Å². The monoisotopic (exact) mass is 231 g/mol. The highest BCUT2D eigenvalue weighted by molar-refractivity contribution is 5.69. The van der Waals surface area contributed by atoms with Crippen molar-refractivity contribution in [1.82, 2.24) is 0 Å². The Morgan fingerprint density at radius 2 is 2.06 bits per heavy atom. The third-order valence-electron chi connectivity index (χ3n) is 3.34. The van der Waals surface area contributed by atoms with Gasteiger partial charge in [0, 0.05) is 13.1 Å². The van der Waals surface area contributed by atoms with E-state index >= 15 is 0 Å². The fourth-order valence-electron chi connectivity index (χ4n) is 2.14. The van der Waals surface area contributed by atoms with Gasteiger partial charge in [-0.25, -0.2) is 0 Å². The van der Waals surface area contributed by atoms with Crippen molar-refractivity contribution < 1.29 is 5.11 Å². The molecule has 1 aliphatic rings. The lowest BCUT2D eigenvalue weighted by atomic mass is 9.93. The molecule has 0 radical (unpaired) electrons. The van der Waals surface area contributed by atoms with E-state index in [1.807, 2.05) is 13.0 Å². The predicted octanol–water partition coefficient (Wildman–Crippen LogP) is 1.49. The zero-order chi connectivity index (χ0) is 12.5. The highest BCUT2D eigenvalue weighted by Crippen LogP contribution is 2.30. The van der Waals surface area contributed by atoms with Crippen LogP contribution in [0.4, 0.5) is 11.4 Å². The van der Waals surface area contributed by atoms with Crippen molar-refractivity contribution in [2.75, 3.05) is 23.7 Å². The average molecular weight is 231 g/mol. The Kier molecular flexibility index (Phi) is 2.95. The number of nitrogens with two attached hydrogens (primary N) is 1. The fraction of sp³-hybridized carbons (Fsp3) is 0.462. The van der Waals surface area contributed by atoms with Gasteiger partial charge in [-0.05, 0) is 38.0 Å². The number of hydrogen-bond donors (Lipinski definition) is 2. The standard InChI is InChI=1S/C13H17N3O/c1-13(17)4-6-16(7-5-13)12-3-2-10(9-14)8-11(12)15/h2-3,8,17H,4-7,15H2,1H3. The van der Waals surface area contributed by atoms with Gasteiger partial charge < -0.3 is 15.7 Å². The molecular weight excluding hydrogens is 214 g/mol. The lowest BCUT2D eigenvalue weighted by Crippen LogP contribution is -2.42. The molecule has 0 saturated carbocycles. The Hall–Kier alpha value is -1.73. The highest BCUT2D eigenvalue weighted by Gasteiger charge is 2.27. The molecule has 1 heterocycles. The van der Waals surface area contributed by atoms with Crippen molar-refractivity contribution in [2.24, 2.45) is 0 Å². The lowest BCUT2D eigenvalue weighted by Gasteiger charge is -2.37. The van der Waals surface area contributed by atoms with Gasteiger partial charge in [-0.3, -0.25) is 0 Å². The van der Waals surface area contributed by atoms with Gasteiger partial charge in [0.2, 0.25) is 0 Å². The summed E-state index contributed by atoms with van der Waals surface area (Å²) in [6.45, 7) is 3.46. The topological polar surface area (TPSA) is 73.3 Å². The molecule has 0 aromatic heterocycles. The number of nitrogens with zero attached hydrogens (tertiary/aromatic N) is 2. The van der Waals surface area contributed by atoms with Gasteiger partial charge in [0.25, 0.3) is 0 Å². The van der Waals surface area contributed by atoms with Gasteiger partial charge in [0.15, 0.2) is 0 Å². The smallest absolute Gasteiger partial charge is 0.0992 e. The SMILES string of the molecule is CC1(O)CCN(c2ccc(C#N)cc2N)CC1. The van der Waals surface area contributed by atoms with Crippen LogP contribution < -0.4 is 10.6 Å². The number of anilines is 2. The minimum Gasteiger partial charge on any atom is -0.397 e. The van der Waals surface area contributed by atoms with Crippen molar-refractivity contribution in [3.8, 4) is 6.07 Å². The second kappa shape index (κ2) is 4.27. The van der Waals surface area contributed by atoms with Gasteiger partial charge >= 0.3 is 0 Å². The third-order valence-corrected chi connectivity index (χ3v) is 3.34. The van der Waals surface area contributed by atoms with Crippen LogP contribution in [-0.4, -0.2) is 23.8 Å². The van der Waals surface area contributed by atoms with Gasteiger partial charge in [-0.2, -0.15) is 5.26 Å². The van der Waals surface area contributed by atoms with Crippen LogP contribution in [0, 0.1) is 11.3 Å². The largest absolute Gasteiger partial charge is 0.397 e. The van der Waals surface area contributed by atoms with E-state index in [1.54, 1.807) is 12.1 Å². The summed E-state index contributed by atoms with van der Waals surface area (Å²) in [5, 5.41) is 18.7. The van der Waals surface area contributed by atoms with Crippen LogP contribution in [0.3, 0.4) is 0 Å². The van der Waals surface area contributed by atoms with Crippen LogP contribution in [0.5, 0.6) is 0 Å². The van der Waals surface area contributed by atoms with Crippen LogP contribution >= 0.6 is 0 Å². The summed E-state index contributed by atoms with van der Waals surface area (Å²) in [6.07, 6.45) is 1.49. The summed E-state index contributed by atoms with van der Waals surface area (Å²) < 4.78 is 0. The Morgan fingerprint density at radius 1 is 1.41 bits per heavy atom. The zero-order valence-corrected chi connectivity index (χ0v) is 9.98. The van der Waals surface area contributed by atoms with E-state index in [0.29, 0.717) is 11.3 Å². The molecule has 4 nitrogen and oxygen atoms in total. The van der Waals surface area contributed by atoms with Crippen molar-refractivity contribution in [1.29, 1.82) is 5.26 Å². The first-order chi connectivity index (χ1) is 8.02. The minimum atomic E-state index is -0.558. The molecule has 3 N–H and O–H groups in total. The molecular formula is C13H17N3O. The lowest BCUT2D eigenvalue weighted by molar-refractivity contribution is 0.0351. The maximum atomic E-state index is 9.89. The molecule has 1 aromatic rings. The van der Waals surface area contributed by atoms with E-state index in [1.165, 1.54) is 0 Å². The maximum Gasteiger partial charge on any atom is 0.0992 e. The molecule has 1 fully saturated rings. The molecule has 0 amide bonds. The van der Waals surface area contributed by atoms with E-state index in [9.17, 15) is 5.11 Å². The van der Waals surface area contributed by atoms with E-state index < -0.39 is 5.60 Å². The zero-order valence-electron chi connectivity index (χ0n) is 9.98. The fourth-order valence-corrected chi connectivity index (χ4v) is 2.14. The number of hydrogen-bond acceptors (Lipinski definition) is 4. The molecule has 2 rings (SSSR count). The van der Waals surface area contributed by atoms with E-state index in [0.717, 1.165) is 31.6 Å². The Balaban J connectivity index is 2.17. The van der Waals surface area contributed by atoms with Crippen LogP contribution in [0.25, 0.3) is 0 Å². The van der Waals surface area contributed by atoms with Crippen LogP contribution in [0.15, 0.2) is 18.2 Å². The van der Waals surface area contributed by atoms with Crippen LogP contribution in [0.2, 0.25) is 0 Å². The maximum absolute atomic E-state index is 9.89. The van der Waals surface area contributed by atoms with Crippen molar-refractivity contribution >= 4 is 11.4 Å². The number of rotatable bonds is 1. The summed E-state index contributed by atoms with van der Waals surface area (Å²) in [6, 6.07) is 7.43. The highest BCUT2D eigenvalue weighted by atomic mass is 16.3. The molecule has 90 valence electrons. The molecule has 0 spiro atoms. The Bertz CT molecular complexity index is 452. The molecule has 0 aliphatic carbocycles. The quantitative estimate of drug-likeness (QED) is 0.718. The summed E-state index contributed by atoms with van der Waals surface area (Å²) >= 11 is 0. The van der Waals surface area contributed by atoms with E-state index in [-0.39, 0.29) is 0 Å². The molecule has 1 aromatic carbocycles. The molecule has 1 saturated heterocycles. The van der Waals surface area contributed by atoms with Gasteiger partial charge in [-0.15, -0.1) is 0 Å². The first-order valence-corrected chi connectivity index (χ1v) is 5.79. The number of nitrogen functional groups attached to an aromatic ring is 1. The molecule has 17 heavy (non-hydrogen) atoms. The van der Waals surface area contributed by atoms with Crippen LogP contribution in [0.1, 0.15) is 25.3 Å². The van der Waals surface area contributed by atoms with Gasteiger partial charge in [-0.1, -0.05) is 0 Å². The second-order valence-corrected chi connectivity index (χ2v) is 4.87. The van der Waals surface area contributed by atoms with Crippen LogP contribution in [-0.2, 0) is 0 Å². The van der Waals surface area contributed by atoms with E-state index in [4.69, 9.17) is 11.0 Å². The number of piperidine rings is 1. The number of benzene rings is 1. The predicted molar refractivity (Wildman–Crippen MR) is 67.6 cm³/mol. The van der Waals surface area contributed by atoms with E-state index in [2.05, 4.69) is 11.0 Å². The first-order valence-electron chi connectivity index (χ1n) is 5.79. The summed E-state index contributed by atoms with van der Waals surface area (Å²) in [5.41, 5.74) is 7.55. The van der Waals surface area contributed by atoms with Crippen molar-refractivity contribution in [3.63, 3.8) is 0 Å². The first kappa shape index (κ1) is 11.7. The average Bonchev–Trinajstić information content (AvgIpc) is 2.29. The van der Waals surface area contributed by atoms with Gasteiger partial charge in [0.1, 0.15) is 0 Å². The summed E-state index contributed by atoms with van der Waals surface area (Å²) in [7, 11) is 0. The molecule has 0 bridgehead atoms. The third kappa shape index (κ3) is 2.51. The van der Waals surface area contributed by atoms with Gasteiger partial charge in [0.05, 0.1) is 28.6 Å². The molecule has 0 unspecified atom stereocenters. The molecule has 4 heteroatoms. The molecule has 1 aliphatic heterocycles. The summed E-state index contributed by atoms with van der Waals surface area (Å²) in [4.78, 5) is 2.16. The summed E-state index contributed by atoms with van der Waals surface area (Å²) in [5.74, 6) is 0.